The Hall–Kier alpha value is -2.08. The van der Waals surface area contributed by atoms with Gasteiger partial charge in [-0.25, -0.2) is 9.97 Å². The van der Waals surface area contributed by atoms with Gasteiger partial charge in [0.25, 0.3) is 5.91 Å². The summed E-state index contributed by atoms with van der Waals surface area (Å²) in [7, 11) is 0. The molecular weight excluding hydrogens is 284 g/mol. The monoisotopic (exact) mass is 302 g/mol. The minimum Gasteiger partial charge on any atom is -0.272 e. The molecule has 0 fully saturated rings. The topological polar surface area (TPSA) is 66.9 Å². The Morgan fingerprint density at radius 3 is 2.38 bits per heavy atom. The van der Waals surface area contributed by atoms with Crippen molar-refractivity contribution in [2.75, 3.05) is 5.43 Å². The van der Waals surface area contributed by atoms with Gasteiger partial charge in [-0.3, -0.25) is 15.6 Å². The zero-order valence-corrected chi connectivity index (χ0v) is 13.1. The Morgan fingerprint density at radius 1 is 1.14 bits per heavy atom. The first-order valence-electron chi connectivity index (χ1n) is 6.64. The van der Waals surface area contributed by atoms with Gasteiger partial charge in [-0.1, -0.05) is 18.2 Å². The fourth-order valence-electron chi connectivity index (χ4n) is 1.76. The van der Waals surface area contributed by atoms with Crippen molar-refractivity contribution in [2.24, 2.45) is 0 Å². The molecule has 1 atom stereocenters. The predicted molar refractivity (Wildman–Crippen MR) is 85.0 cm³/mol. The second-order valence-electron chi connectivity index (χ2n) is 4.66. The number of anilines is 1. The van der Waals surface area contributed by atoms with Crippen LogP contribution in [0.4, 0.5) is 5.95 Å². The smallest absolute Gasteiger partial charge is 0.251 e. The number of aryl methyl sites for hydroxylation is 2. The van der Waals surface area contributed by atoms with Crippen LogP contribution in [0.5, 0.6) is 0 Å². The third kappa shape index (κ3) is 4.75. The van der Waals surface area contributed by atoms with Gasteiger partial charge in [0, 0.05) is 16.3 Å². The van der Waals surface area contributed by atoms with Gasteiger partial charge in [-0.2, -0.15) is 0 Å². The van der Waals surface area contributed by atoms with Gasteiger partial charge in [-0.15, -0.1) is 11.8 Å². The second-order valence-corrected chi connectivity index (χ2v) is 6.08. The molecule has 0 spiro atoms. The van der Waals surface area contributed by atoms with Crippen molar-refractivity contribution in [2.45, 2.75) is 30.9 Å². The van der Waals surface area contributed by atoms with E-state index in [4.69, 9.17) is 0 Å². The highest BCUT2D eigenvalue weighted by Gasteiger charge is 2.14. The summed E-state index contributed by atoms with van der Waals surface area (Å²) in [6.07, 6.45) is 0. The molecule has 0 radical (unpaired) electrons. The van der Waals surface area contributed by atoms with Crippen LogP contribution in [-0.2, 0) is 4.79 Å². The molecule has 21 heavy (non-hydrogen) atoms. The quantitative estimate of drug-likeness (QED) is 0.656. The number of aromatic nitrogens is 2. The second kappa shape index (κ2) is 7.08. The SMILES string of the molecule is Cc1cc(C)nc(NNC(=O)C(C)Sc2ccccc2)n1. The van der Waals surface area contributed by atoms with Crippen LogP contribution < -0.4 is 10.9 Å². The van der Waals surface area contributed by atoms with Crippen LogP contribution in [0.15, 0.2) is 41.3 Å². The fourth-order valence-corrected chi connectivity index (χ4v) is 2.65. The summed E-state index contributed by atoms with van der Waals surface area (Å²) in [6, 6.07) is 11.7. The maximum absolute atomic E-state index is 12.0. The first-order chi connectivity index (χ1) is 10.0. The highest BCUT2D eigenvalue weighted by atomic mass is 32.2. The van der Waals surface area contributed by atoms with Crippen LogP contribution in [-0.4, -0.2) is 21.1 Å². The van der Waals surface area contributed by atoms with E-state index in [9.17, 15) is 4.79 Å². The average molecular weight is 302 g/mol. The van der Waals surface area contributed by atoms with Gasteiger partial charge in [-0.05, 0) is 39.0 Å². The van der Waals surface area contributed by atoms with Crippen molar-refractivity contribution < 1.29 is 4.79 Å². The number of amides is 1. The number of carbonyl (C=O) groups excluding carboxylic acids is 1. The molecule has 0 saturated carbocycles. The molecule has 0 saturated heterocycles. The van der Waals surface area contributed by atoms with Gasteiger partial charge in [0.15, 0.2) is 0 Å². The summed E-state index contributed by atoms with van der Waals surface area (Å²) in [4.78, 5) is 21.5. The molecule has 1 heterocycles. The van der Waals surface area contributed by atoms with Crippen LogP contribution in [0.2, 0.25) is 0 Å². The van der Waals surface area contributed by atoms with Crippen molar-refractivity contribution in [3.05, 3.63) is 47.8 Å². The highest BCUT2D eigenvalue weighted by molar-refractivity contribution is 8.00. The molecule has 1 aromatic carbocycles. The molecular formula is C15H18N4OS. The van der Waals surface area contributed by atoms with Gasteiger partial charge < -0.3 is 0 Å². The average Bonchev–Trinajstić information content (AvgIpc) is 2.44. The Kier molecular flexibility index (Phi) is 5.16. The summed E-state index contributed by atoms with van der Waals surface area (Å²) in [5.41, 5.74) is 7.10. The standard InChI is InChI=1S/C15H18N4OS/c1-10-9-11(2)17-15(16-10)19-18-14(20)12(3)21-13-7-5-4-6-8-13/h4-9,12H,1-3H3,(H,18,20)(H,16,17,19). The lowest BCUT2D eigenvalue weighted by molar-refractivity contribution is -0.119. The van der Waals surface area contributed by atoms with Gasteiger partial charge in [0.2, 0.25) is 5.95 Å². The Labute approximate surface area is 128 Å². The third-order valence-corrected chi connectivity index (χ3v) is 3.82. The van der Waals surface area contributed by atoms with E-state index < -0.39 is 0 Å². The number of hydrazine groups is 1. The van der Waals surface area contributed by atoms with Crippen molar-refractivity contribution in [1.29, 1.82) is 0 Å². The van der Waals surface area contributed by atoms with E-state index in [2.05, 4.69) is 20.8 Å². The van der Waals surface area contributed by atoms with Crippen molar-refractivity contribution in [3.63, 3.8) is 0 Å². The number of carbonyl (C=O) groups is 1. The number of thioether (sulfide) groups is 1. The van der Waals surface area contributed by atoms with Crippen LogP contribution in [0.3, 0.4) is 0 Å². The molecule has 1 amide bonds. The number of benzene rings is 1. The third-order valence-electron chi connectivity index (χ3n) is 2.71. The van der Waals surface area contributed by atoms with E-state index in [1.54, 1.807) is 0 Å². The van der Waals surface area contributed by atoms with Gasteiger partial charge >= 0.3 is 0 Å². The number of hydrogen-bond donors (Lipinski definition) is 2. The summed E-state index contributed by atoms with van der Waals surface area (Å²) < 4.78 is 0. The number of nitrogens with zero attached hydrogens (tertiary/aromatic N) is 2. The Bertz CT molecular complexity index is 598. The summed E-state index contributed by atoms with van der Waals surface area (Å²) in [6.45, 7) is 5.63. The lowest BCUT2D eigenvalue weighted by Crippen LogP contribution is -2.36. The molecule has 0 aliphatic heterocycles. The van der Waals surface area contributed by atoms with E-state index in [1.807, 2.05) is 57.2 Å². The Morgan fingerprint density at radius 2 is 1.76 bits per heavy atom. The largest absolute Gasteiger partial charge is 0.272 e. The molecule has 0 bridgehead atoms. The molecule has 2 N–H and O–H groups in total. The van der Waals surface area contributed by atoms with Crippen LogP contribution in [0, 0.1) is 13.8 Å². The zero-order valence-electron chi connectivity index (χ0n) is 12.3. The van der Waals surface area contributed by atoms with E-state index >= 15 is 0 Å². The van der Waals surface area contributed by atoms with Gasteiger partial charge in [0.05, 0.1) is 5.25 Å². The minimum absolute atomic E-state index is 0.119. The maximum Gasteiger partial charge on any atom is 0.251 e. The molecule has 2 aromatic rings. The molecule has 1 unspecified atom stereocenters. The predicted octanol–water partition coefficient (Wildman–Crippen LogP) is 2.72. The van der Waals surface area contributed by atoms with E-state index in [0.29, 0.717) is 5.95 Å². The fraction of sp³-hybridized carbons (Fsp3) is 0.267. The lowest BCUT2D eigenvalue weighted by atomic mass is 10.4. The van der Waals surface area contributed by atoms with Crippen molar-refractivity contribution in [1.82, 2.24) is 15.4 Å². The summed E-state index contributed by atoms with van der Waals surface area (Å²) in [5, 5.41) is -0.217. The highest BCUT2D eigenvalue weighted by Crippen LogP contribution is 2.22. The number of hydrogen-bond acceptors (Lipinski definition) is 5. The number of rotatable bonds is 5. The van der Waals surface area contributed by atoms with Gasteiger partial charge in [0.1, 0.15) is 0 Å². The molecule has 0 aliphatic rings. The van der Waals surface area contributed by atoms with E-state index in [1.165, 1.54) is 11.8 Å². The molecule has 6 heteroatoms. The van der Waals surface area contributed by atoms with Crippen molar-refractivity contribution >= 4 is 23.6 Å². The van der Waals surface area contributed by atoms with E-state index in [0.717, 1.165) is 16.3 Å². The lowest BCUT2D eigenvalue weighted by Gasteiger charge is -2.13. The molecule has 0 aliphatic carbocycles. The van der Waals surface area contributed by atoms with Crippen LogP contribution in [0.1, 0.15) is 18.3 Å². The number of nitrogens with one attached hydrogen (secondary N) is 2. The van der Waals surface area contributed by atoms with Crippen LogP contribution >= 0.6 is 11.8 Å². The summed E-state index contributed by atoms with van der Waals surface area (Å²) in [5.74, 6) is 0.282. The minimum atomic E-state index is -0.217. The van der Waals surface area contributed by atoms with Crippen LogP contribution in [0.25, 0.3) is 0 Å². The first kappa shape index (κ1) is 15.3. The normalized spacial score (nSPS) is 11.8. The molecule has 5 nitrogen and oxygen atoms in total. The first-order valence-corrected chi connectivity index (χ1v) is 7.52. The zero-order chi connectivity index (χ0) is 15.2. The molecule has 110 valence electrons. The van der Waals surface area contributed by atoms with E-state index in [-0.39, 0.29) is 11.2 Å². The molecule has 1 aromatic heterocycles. The molecule has 2 rings (SSSR count). The Balaban J connectivity index is 1.89. The van der Waals surface area contributed by atoms with Crippen molar-refractivity contribution in [3.8, 4) is 0 Å². The summed E-state index contributed by atoms with van der Waals surface area (Å²) >= 11 is 1.50. The maximum atomic E-state index is 12.0.